The minimum Gasteiger partial charge on any atom is -0.490 e. The Morgan fingerprint density at radius 1 is 1.33 bits per heavy atom. The zero-order valence-electron chi connectivity index (χ0n) is 12.4. The van der Waals surface area contributed by atoms with Gasteiger partial charge in [0.05, 0.1) is 17.7 Å². The van der Waals surface area contributed by atoms with Gasteiger partial charge in [0.15, 0.2) is 11.3 Å². The van der Waals surface area contributed by atoms with E-state index in [1.165, 1.54) is 25.3 Å². The largest absolute Gasteiger partial charge is 0.490 e. The second-order valence-corrected chi connectivity index (χ2v) is 4.79. The standard InChI is InChI=1S/C15H11N3O6/c1-23-12-7-8(5-6-10(12)18(21)22)14(19)16-9-3-2-4-11-13(9)17-15(20)24-11/h2-7H,1H3,(H,16,19)(H,17,20). The molecule has 24 heavy (non-hydrogen) atoms. The van der Waals surface area contributed by atoms with Gasteiger partial charge in [-0.3, -0.25) is 19.9 Å². The second-order valence-electron chi connectivity index (χ2n) is 4.79. The highest BCUT2D eigenvalue weighted by atomic mass is 16.6. The first kappa shape index (κ1) is 15.3. The molecule has 0 radical (unpaired) electrons. The van der Waals surface area contributed by atoms with Crippen molar-refractivity contribution in [2.45, 2.75) is 0 Å². The number of para-hydroxylation sites is 1. The Hall–Kier alpha value is -3.62. The number of fused-ring (bicyclic) bond motifs is 1. The van der Waals surface area contributed by atoms with Crippen molar-refractivity contribution < 1.29 is 18.9 Å². The lowest BCUT2D eigenvalue weighted by molar-refractivity contribution is -0.385. The van der Waals surface area contributed by atoms with Gasteiger partial charge in [0.2, 0.25) is 0 Å². The minimum absolute atomic E-state index is 0.0254. The molecule has 0 aliphatic heterocycles. The predicted molar refractivity (Wildman–Crippen MR) is 84.4 cm³/mol. The third-order valence-electron chi connectivity index (χ3n) is 3.34. The first-order valence-corrected chi connectivity index (χ1v) is 6.75. The first-order valence-electron chi connectivity index (χ1n) is 6.75. The van der Waals surface area contributed by atoms with Gasteiger partial charge in [0.1, 0.15) is 5.52 Å². The third kappa shape index (κ3) is 2.70. The van der Waals surface area contributed by atoms with E-state index in [0.29, 0.717) is 16.8 Å². The number of nitrogens with zero attached hydrogens (tertiary/aromatic N) is 1. The fourth-order valence-electron chi connectivity index (χ4n) is 2.24. The maximum absolute atomic E-state index is 12.4. The van der Waals surface area contributed by atoms with E-state index in [0.717, 1.165) is 0 Å². The molecule has 0 aliphatic carbocycles. The summed E-state index contributed by atoms with van der Waals surface area (Å²) < 4.78 is 9.85. The van der Waals surface area contributed by atoms with Crippen molar-refractivity contribution in [1.82, 2.24) is 4.98 Å². The summed E-state index contributed by atoms with van der Waals surface area (Å²) >= 11 is 0. The lowest BCUT2D eigenvalue weighted by Gasteiger charge is -2.07. The Morgan fingerprint density at radius 3 is 2.83 bits per heavy atom. The summed E-state index contributed by atoms with van der Waals surface area (Å²) in [6.07, 6.45) is 0. The number of aromatic nitrogens is 1. The van der Waals surface area contributed by atoms with E-state index in [4.69, 9.17) is 9.15 Å². The summed E-state index contributed by atoms with van der Waals surface area (Å²) in [4.78, 5) is 36.4. The number of ether oxygens (including phenoxy) is 1. The SMILES string of the molecule is COc1cc(C(=O)Nc2cccc3oc(=O)[nH]c23)ccc1[N+](=O)[O-]. The molecule has 0 aliphatic rings. The number of benzene rings is 2. The fraction of sp³-hybridized carbons (Fsp3) is 0.0667. The molecule has 2 aromatic carbocycles. The van der Waals surface area contributed by atoms with Crippen molar-refractivity contribution in [2.75, 3.05) is 12.4 Å². The summed E-state index contributed by atoms with van der Waals surface area (Å²) in [5.74, 6) is -1.18. The number of hydrogen-bond acceptors (Lipinski definition) is 6. The average Bonchev–Trinajstić information content (AvgIpc) is 2.95. The van der Waals surface area contributed by atoms with Crippen LogP contribution in [0.1, 0.15) is 10.4 Å². The Morgan fingerprint density at radius 2 is 2.12 bits per heavy atom. The Labute approximate surface area is 134 Å². The molecule has 9 heteroatoms. The number of aromatic amines is 1. The van der Waals surface area contributed by atoms with Gasteiger partial charge >= 0.3 is 11.4 Å². The van der Waals surface area contributed by atoms with Gasteiger partial charge in [0.25, 0.3) is 5.91 Å². The first-order chi connectivity index (χ1) is 11.5. The average molecular weight is 329 g/mol. The number of H-pyrrole nitrogens is 1. The summed E-state index contributed by atoms with van der Waals surface area (Å²) in [5, 5.41) is 13.5. The summed E-state index contributed by atoms with van der Waals surface area (Å²) in [6.45, 7) is 0. The maximum Gasteiger partial charge on any atom is 0.417 e. The van der Waals surface area contributed by atoms with Crippen LogP contribution in [0.25, 0.3) is 11.1 Å². The van der Waals surface area contributed by atoms with Crippen molar-refractivity contribution in [3.63, 3.8) is 0 Å². The molecule has 0 fully saturated rings. The highest BCUT2D eigenvalue weighted by Gasteiger charge is 2.18. The topological polar surface area (TPSA) is 127 Å². The normalized spacial score (nSPS) is 10.5. The number of anilines is 1. The van der Waals surface area contributed by atoms with Crippen molar-refractivity contribution >= 4 is 28.4 Å². The number of amides is 1. The minimum atomic E-state index is -0.635. The molecule has 122 valence electrons. The van der Waals surface area contributed by atoms with Gasteiger partial charge in [-0.05, 0) is 18.2 Å². The van der Waals surface area contributed by atoms with Crippen LogP contribution >= 0.6 is 0 Å². The number of nitro benzene ring substituents is 1. The van der Waals surface area contributed by atoms with Crippen molar-refractivity contribution in [3.8, 4) is 5.75 Å². The molecule has 0 unspecified atom stereocenters. The molecular formula is C15H11N3O6. The van der Waals surface area contributed by atoms with Crippen LogP contribution in [0.15, 0.2) is 45.6 Å². The summed E-state index contributed by atoms with van der Waals surface area (Å²) in [5.41, 5.74) is 0.931. The molecule has 0 saturated carbocycles. The molecule has 3 rings (SSSR count). The van der Waals surface area contributed by atoms with Crippen LogP contribution in [0.4, 0.5) is 11.4 Å². The molecule has 0 saturated heterocycles. The summed E-state index contributed by atoms with van der Waals surface area (Å²) in [6, 6.07) is 8.56. The Bertz CT molecular complexity index is 1000. The molecule has 0 atom stereocenters. The van der Waals surface area contributed by atoms with Crippen molar-refractivity contribution in [3.05, 3.63) is 62.6 Å². The molecule has 1 aromatic heterocycles. The van der Waals surface area contributed by atoms with Crippen LogP contribution in [0.2, 0.25) is 0 Å². The van der Waals surface area contributed by atoms with Crippen LogP contribution in [-0.4, -0.2) is 22.9 Å². The number of methoxy groups -OCH3 is 1. The Balaban J connectivity index is 1.94. The smallest absolute Gasteiger partial charge is 0.417 e. The quantitative estimate of drug-likeness (QED) is 0.558. The van der Waals surface area contributed by atoms with Gasteiger partial charge in [-0.15, -0.1) is 0 Å². The highest BCUT2D eigenvalue weighted by Crippen LogP contribution is 2.28. The molecule has 0 spiro atoms. The van der Waals surface area contributed by atoms with Crippen LogP contribution in [-0.2, 0) is 0 Å². The van der Waals surface area contributed by atoms with E-state index in [-0.39, 0.29) is 17.0 Å². The van der Waals surface area contributed by atoms with Gasteiger partial charge in [0, 0.05) is 17.7 Å². The second kappa shape index (κ2) is 5.88. The Kier molecular flexibility index (Phi) is 3.74. The lowest BCUT2D eigenvalue weighted by Crippen LogP contribution is -2.12. The number of hydrogen-bond donors (Lipinski definition) is 2. The van der Waals surface area contributed by atoms with E-state index in [1.54, 1.807) is 18.2 Å². The monoisotopic (exact) mass is 329 g/mol. The van der Waals surface area contributed by atoms with E-state index < -0.39 is 16.6 Å². The van der Waals surface area contributed by atoms with Crippen LogP contribution < -0.4 is 15.8 Å². The van der Waals surface area contributed by atoms with E-state index in [2.05, 4.69) is 10.3 Å². The van der Waals surface area contributed by atoms with Gasteiger partial charge in [-0.1, -0.05) is 6.07 Å². The molecule has 2 N–H and O–H groups in total. The molecular weight excluding hydrogens is 318 g/mol. The van der Waals surface area contributed by atoms with Crippen LogP contribution in [0, 0.1) is 10.1 Å². The number of rotatable bonds is 4. The van der Waals surface area contributed by atoms with Crippen molar-refractivity contribution in [2.24, 2.45) is 0 Å². The molecule has 3 aromatic rings. The zero-order chi connectivity index (χ0) is 17.3. The summed E-state index contributed by atoms with van der Waals surface area (Å²) in [7, 11) is 1.28. The van der Waals surface area contributed by atoms with Crippen LogP contribution in [0.5, 0.6) is 5.75 Å². The van der Waals surface area contributed by atoms with Gasteiger partial charge in [-0.25, -0.2) is 4.79 Å². The number of nitrogens with one attached hydrogen (secondary N) is 2. The third-order valence-corrected chi connectivity index (χ3v) is 3.34. The van der Waals surface area contributed by atoms with Crippen LogP contribution in [0.3, 0.4) is 0 Å². The maximum atomic E-state index is 12.4. The molecule has 9 nitrogen and oxygen atoms in total. The highest BCUT2D eigenvalue weighted by molar-refractivity contribution is 6.08. The molecule has 0 bridgehead atoms. The molecule has 1 amide bonds. The van der Waals surface area contributed by atoms with E-state index >= 15 is 0 Å². The lowest BCUT2D eigenvalue weighted by atomic mass is 10.1. The van der Waals surface area contributed by atoms with Gasteiger partial charge in [-0.2, -0.15) is 0 Å². The predicted octanol–water partition coefficient (Wildman–Crippen LogP) is 2.29. The number of oxazole rings is 1. The van der Waals surface area contributed by atoms with E-state index in [1.807, 2.05) is 0 Å². The van der Waals surface area contributed by atoms with E-state index in [9.17, 15) is 19.7 Å². The van der Waals surface area contributed by atoms with Gasteiger partial charge < -0.3 is 14.5 Å². The number of carbonyl (C=O) groups is 1. The number of nitro groups is 1. The number of carbonyl (C=O) groups excluding carboxylic acids is 1. The van der Waals surface area contributed by atoms with Crippen molar-refractivity contribution in [1.29, 1.82) is 0 Å². The fourth-order valence-corrected chi connectivity index (χ4v) is 2.24. The zero-order valence-corrected chi connectivity index (χ0v) is 12.4. The molecule has 1 heterocycles.